The fraction of sp³-hybridized carbons (Fsp3) is 0.846. The molecule has 0 aromatic heterocycles. The molecule has 2 amide bonds. The van der Waals surface area contributed by atoms with Crippen molar-refractivity contribution >= 4 is 11.8 Å². The molecule has 2 rings (SSSR count). The van der Waals surface area contributed by atoms with E-state index in [1.807, 2.05) is 6.92 Å². The van der Waals surface area contributed by atoms with Gasteiger partial charge in [-0.1, -0.05) is 6.42 Å². The Kier molecular flexibility index (Phi) is 4.02. The highest BCUT2D eigenvalue weighted by molar-refractivity contribution is 6.05. The summed E-state index contributed by atoms with van der Waals surface area (Å²) in [4.78, 5) is 25.1. The summed E-state index contributed by atoms with van der Waals surface area (Å²) < 4.78 is 0. The Morgan fingerprint density at radius 2 is 1.83 bits per heavy atom. The summed E-state index contributed by atoms with van der Waals surface area (Å²) in [6.07, 6.45) is 3.81. The highest BCUT2D eigenvalue weighted by Crippen LogP contribution is 2.22. The summed E-state index contributed by atoms with van der Waals surface area (Å²) in [5, 5.41) is 2.17. The number of nitrogens with zero attached hydrogens (tertiary/aromatic N) is 2. The molecular weight excluding hydrogens is 230 g/mol. The minimum Gasteiger partial charge on any atom is -0.281 e. The number of likely N-dealkylation sites (N-methyl/N-ethyl adjacent to an activating group) is 1. The molecule has 5 heteroatoms. The van der Waals surface area contributed by atoms with Crippen LogP contribution >= 0.6 is 0 Å². The normalized spacial score (nSPS) is 34.4. The first-order valence-corrected chi connectivity index (χ1v) is 6.93. The number of likely N-dealkylation sites (tertiary alicyclic amines) is 1. The Morgan fingerprint density at radius 3 is 2.33 bits per heavy atom. The number of carbonyl (C=O) groups excluding carboxylic acids is 2. The lowest BCUT2D eigenvalue weighted by atomic mass is 9.99. The van der Waals surface area contributed by atoms with Crippen LogP contribution in [0.5, 0.6) is 0 Å². The van der Waals surface area contributed by atoms with Gasteiger partial charge in [-0.05, 0) is 33.6 Å². The number of hydrogen-bond donors (Lipinski definition) is 1. The summed E-state index contributed by atoms with van der Waals surface area (Å²) in [6.45, 7) is 6.65. The summed E-state index contributed by atoms with van der Waals surface area (Å²) >= 11 is 0. The predicted molar refractivity (Wildman–Crippen MR) is 68.5 cm³/mol. The molecule has 0 aromatic rings. The van der Waals surface area contributed by atoms with E-state index < -0.39 is 0 Å². The summed E-state index contributed by atoms with van der Waals surface area (Å²) in [5.74, 6) is -0.134. The van der Waals surface area contributed by atoms with Crippen LogP contribution in [0, 0.1) is 0 Å². The molecule has 0 aliphatic carbocycles. The number of amides is 2. The van der Waals surface area contributed by atoms with E-state index in [-0.39, 0.29) is 17.9 Å². The lowest BCUT2D eigenvalue weighted by Crippen LogP contribution is -2.57. The number of imide groups is 1. The van der Waals surface area contributed by atoms with E-state index in [0.29, 0.717) is 25.0 Å². The van der Waals surface area contributed by atoms with Gasteiger partial charge in [-0.3, -0.25) is 14.5 Å². The second-order valence-electron chi connectivity index (χ2n) is 5.40. The van der Waals surface area contributed by atoms with Crippen molar-refractivity contribution in [2.24, 2.45) is 0 Å². The minimum atomic E-state index is -0.361. The van der Waals surface area contributed by atoms with Crippen LogP contribution in [0.15, 0.2) is 0 Å². The monoisotopic (exact) mass is 253 g/mol. The van der Waals surface area contributed by atoms with E-state index in [1.165, 1.54) is 11.3 Å². The van der Waals surface area contributed by atoms with Gasteiger partial charge in [0.1, 0.15) is 6.04 Å². The first kappa shape index (κ1) is 13.5. The number of hydrazine groups is 1. The lowest BCUT2D eigenvalue weighted by Gasteiger charge is -2.40. The van der Waals surface area contributed by atoms with Crippen molar-refractivity contribution in [3.05, 3.63) is 0 Å². The zero-order chi connectivity index (χ0) is 13.3. The van der Waals surface area contributed by atoms with Crippen LogP contribution in [0.25, 0.3) is 0 Å². The topological polar surface area (TPSA) is 52.7 Å². The largest absolute Gasteiger partial charge is 0.281 e. The summed E-state index contributed by atoms with van der Waals surface area (Å²) in [5.41, 5.74) is 3.28. The SMILES string of the molecule is CCN1C(=O)CC(NN2C(C)CCCC2C)C1=O. The molecule has 0 saturated carbocycles. The maximum Gasteiger partial charge on any atom is 0.248 e. The van der Waals surface area contributed by atoms with Crippen LogP contribution in [0.1, 0.15) is 46.5 Å². The Balaban J connectivity index is 2.01. The number of nitrogens with one attached hydrogen (secondary N) is 1. The zero-order valence-electron chi connectivity index (χ0n) is 11.5. The molecule has 3 unspecified atom stereocenters. The van der Waals surface area contributed by atoms with Gasteiger partial charge in [0.2, 0.25) is 11.8 Å². The highest BCUT2D eigenvalue weighted by atomic mass is 16.2. The fourth-order valence-electron chi connectivity index (χ4n) is 2.97. The standard InChI is InChI=1S/C13H23N3O2/c1-4-15-12(17)8-11(13(15)18)14-16-9(2)6-5-7-10(16)3/h9-11,14H,4-8H2,1-3H3. The van der Waals surface area contributed by atoms with E-state index in [2.05, 4.69) is 24.3 Å². The van der Waals surface area contributed by atoms with Crippen molar-refractivity contribution in [2.45, 2.75) is 64.6 Å². The van der Waals surface area contributed by atoms with Gasteiger partial charge in [-0.2, -0.15) is 0 Å². The average molecular weight is 253 g/mol. The van der Waals surface area contributed by atoms with Crippen LogP contribution in [0.3, 0.4) is 0 Å². The third kappa shape index (κ3) is 2.42. The van der Waals surface area contributed by atoms with Gasteiger partial charge in [0.25, 0.3) is 0 Å². The number of hydrogen-bond acceptors (Lipinski definition) is 4. The van der Waals surface area contributed by atoms with Crippen molar-refractivity contribution in [3.63, 3.8) is 0 Å². The molecule has 2 aliphatic rings. The zero-order valence-corrected chi connectivity index (χ0v) is 11.5. The van der Waals surface area contributed by atoms with Gasteiger partial charge in [0, 0.05) is 18.6 Å². The Labute approximate surface area is 108 Å². The summed E-state index contributed by atoms with van der Waals surface area (Å²) in [7, 11) is 0. The molecule has 5 nitrogen and oxygen atoms in total. The molecule has 1 N–H and O–H groups in total. The number of carbonyl (C=O) groups is 2. The molecule has 18 heavy (non-hydrogen) atoms. The van der Waals surface area contributed by atoms with Gasteiger partial charge in [-0.25, -0.2) is 10.4 Å². The average Bonchev–Trinajstić information content (AvgIpc) is 2.59. The molecule has 0 radical (unpaired) electrons. The predicted octanol–water partition coefficient (Wildman–Crippen LogP) is 0.901. The van der Waals surface area contributed by atoms with E-state index >= 15 is 0 Å². The fourth-order valence-corrected chi connectivity index (χ4v) is 2.97. The third-order valence-electron chi connectivity index (χ3n) is 4.06. The quantitative estimate of drug-likeness (QED) is 0.759. The van der Waals surface area contributed by atoms with Crippen molar-refractivity contribution in [2.75, 3.05) is 6.54 Å². The molecule has 2 aliphatic heterocycles. The molecule has 0 aromatic carbocycles. The molecule has 2 fully saturated rings. The second kappa shape index (κ2) is 5.36. The second-order valence-corrected chi connectivity index (χ2v) is 5.40. The first-order valence-electron chi connectivity index (χ1n) is 6.93. The number of rotatable bonds is 3. The maximum absolute atomic E-state index is 12.0. The van der Waals surface area contributed by atoms with Crippen LogP contribution in [-0.2, 0) is 9.59 Å². The van der Waals surface area contributed by atoms with Crippen LogP contribution in [0.2, 0.25) is 0 Å². The molecular formula is C13H23N3O2. The summed E-state index contributed by atoms with van der Waals surface area (Å²) in [6, 6.07) is 0.486. The number of piperidine rings is 1. The van der Waals surface area contributed by atoms with E-state index in [9.17, 15) is 9.59 Å². The van der Waals surface area contributed by atoms with Gasteiger partial charge in [0.15, 0.2) is 0 Å². The Hall–Kier alpha value is -0.940. The maximum atomic E-state index is 12.0. The van der Waals surface area contributed by atoms with Crippen molar-refractivity contribution in [3.8, 4) is 0 Å². The van der Waals surface area contributed by atoms with Crippen molar-refractivity contribution in [1.29, 1.82) is 0 Å². The van der Waals surface area contributed by atoms with Crippen LogP contribution < -0.4 is 5.43 Å². The lowest BCUT2D eigenvalue weighted by molar-refractivity contribution is -0.139. The molecule has 0 bridgehead atoms. The molecule has 0 spiro atoms. The van der Waals surface area contributed by atoms with Crippen molar-refractivity contribution < 1.29 is 9.59 Å². The molecule has 2 saturated heterocycles. The first-order chi connectivity index (χ1) is 8.54. The van der Waals surface area contributed by atoms with Gasteiger partial charge in [0.05, 0.1) is 6.42 Å². The third-order valence-corrected chi connectivity index (χ3v) is 4.06. The van der Waals surface area contributed by atoms with E-state index in [0.717, 1.165) is 12.8 Å². The highest BCUT2D eigenvalue weighted by Gasteiger charge is 2.39. The van der Waals surface area contributed by atoms with Crippen LogP contribution in [-0.4, -0.2) is 46.4 Å². The van der Waals surface area contributed by atoms with E-state index in [1.54, 1.807) is 0 Å². The molecule has 102 valence electrons. The van der Waals surface area contributed by atoms with Crippen LogP contribution in [0.4, 0.5) is 0 Å². The van der Waals surface area contributed by atoms with E-state index in [4.69, 9.17) is 0 Å². The van der Waals surface area contributed by atoms with Gasteiger partial charge in [-0.15, -0.1) is 0 Å². The smallest absolute Gasteiger partial charge is 0.248 e. The Morgan fingerprint density at radius 1 is 1.22 bits per heavy atom. The minimum absolute atomic E-state index is 0.0580. The molecule has 3 atom stereocenters. The van der Waals surface area contributed by atoms with Gasteiger partial charge < -0.3 is 0 Å². The van der Waals surface area contributed by atoms with Crippen molar-refractivity contribution in [1.82, 2.24) is 15.3 Å². The van der Waals surface area contributed by atoms with Gasteiger partial charge >= 0.3 is 0 Å². The Bertz CT molecular complexity index is 335. The molecule has 2 heterocycles.